The van der Waals surface area contributed by atoms with Crippen molar-refractivity contribution in [1.82, 2.24) is 31.1 Å². The minimum atomic E-state index is -0.559. The molecule has 146 valence electrons. The Morgan fingerprint density at radius 2 is 2.07 bits per heavy atom. The second-order valence-electron chi connectivity index (χ2n) is 5.18. The molecule has 0 radical (unpaired) electrons. The zero-order valence-electron chi connectivity index (χ0n) is 14.9. The molecular formula is C16H16N6O5S. The van der Waals surface area contributed by atoms with Crippen LogP contribution in [0.25, 0.3) is 5.69 Å². The van der Waals surface area contributed by atoms with E-state index < -0.39 is 11.8 Å². The van der Waals surface area contributed by atoms with Crippen LogP contribution >= 0.6 is 11.8 Å². The summed E-state index contributed by atoms with van der Waals surface area (Å²) in [5.41, 5.74) is 5.13. The summed E-state index contributed by atoms with van der Waals surface area (Å²) in [6.45, 7) is 0. The molecule has 3 rings (SSSR count). The van der Waals surface area contributed by atoms with E-state index >= 15 is 0 Å². The Bertz CT molecular complexity index is 958. The van der Waals surface area contributed by atoms with Crippen LogP contribution in [-0.4, -0.2) is 52.0 Å². The highest BCUT2D eigenvalue weighted by atomic mass is 32.2. The van der Waals surface area contributed by atoms with Gasteiger partial charge in [-0.1, -0.05) is 11.8 Å². The maximum Gasteiger partial charge on any atom is 0.305 e. The number of hydrogen-bond donors (Lipinski definition) is 2. The Morgan fingerprint density at radius 1 is 1.21 bits per heavy atom. The largest absolute Gasteiger partial charge is 0.497 e. The topological polar surface area (TPSA) is 133 Å². The third-order valence-corrected chi connectivity index (χ3v) is 4.37. The highest BCUT2D eigenvalue weighted by molar-refractivity contribution is 7.99. The number of aromatic nitrogens is 4. The molecule has 0 aliphatic carbocycles. The van der Waals surface area contributed by atoms with Crippen LogP contribution in [0.3, 0.4) is 0 Å². The van der Waals surface area contributed by atoms with Gasteiger partial charge >= 0.3 is 5.91 Å². The second-order valence-corrected chi connectivity index (χ2v) is 6.12. The van der Waals surface area contributed by atoms with Crippen molar-refractivity contribution in [3.63, 3.8) is 0 Å². The van der Waals surface area contributed by atoms with Crippen LogP contribution in [0, 0.1) is 0 Å². The Morgan fingerprint density at radius 3 is 2.79 bits per heavy atom. The van der Waals surface area contributed by atoms with E-state index in [1.54, 1.807) is 31.4 Å². The van der Waals surface area contributed by atoms with Gasteiger partial charge in [0.1, 0.15) is 17.2 Å². The molecule has 0 spiro atoms. The number of tetrazole rings is 1. The molecule has 0 atom stereocenters. The van der Waals surface area contributed by atoms with Gasteiger partial charge in [0.2, 0.25) is 11.1 Å². The Hall–Kier alpha value is -3.54. The number of nitrogens with one attached hydrogen (secondary N) is 2. The maximum atomic E-state index is 12.0. The second kappa shape index (κ2) is 8.90. The van der Waals surface area contributed by atoms with Gasteiger partial charge in [0, 0.05) is 6.07 Å². The zero-order valence-corrected chi connectivity index (χ0v) is 15.7. The highest BCUT2D eigenvalue weighted by Gasteiger charge is 2.16. The van der Waals surface area contributed by atoms with Crippen molar-refractivity contribution in [2.24, 2.45) is 0 Å². The fourth-order valence-corrected chi connectivity index (χ4v) is 2.83. The molecule has 0 saturated heterocycles. The molecule has 0 aliphatic heterocycles. The summed E-state index contributed by atoms with van der Waals surface area (Å²) in [6, 6.07) is 8.22. The molecule has 0 unspecified atom stereocenters. The maximum absolute atomic E-state index is 12.0. The first-order valence-corrected chi connectivity index (χ1v) is 8.87. The number of nitrogens with zero attached hydrogens (tertiary/aromatic N) is 4. The van der Waals surface area contributed by atoms with Gasteiger partial charge in [0.05, 0.1) is 26.2 Å². The molecule has 2 heterocycles. The number of furan rings is 1. The van der Waals surface area contributed by atoms with E-state index in [0.29, 0.717) is 22.3 Å². The fraction of sp³-hybridized carbons (Fsp3) is 0.188. The normalized spacial score (nSPS) is 10.4. The van der Waals surface area contributed by atoms with Gasteiger partial charge in [-0.2, -0.15) is 4.68 Å². The number of ether oxygens (including phenoxy) is 2. The predicted molar refractivity (Wildman–Crippen MR) is 97.3 cm³/mol. The lowest BCUT2D eigenvalue weighted by atomic mass is 10.3. The SMILES string of the molecule is COc1ccc(-n2nnnc2SCC(=O)NNC(=O)c2ccco2)c(OC)c1. The third-order valence-electron chi connectivity index (χ3n) is 3.45. The van der Waals surface area contributed by atoms with Crippen LogP contribution in [0.2, 0.25) is 0 Å². The molecule has 2 N–H and O–H groups in total. The first kappa shape index (κ1) is 19.2. The van der Waals surface area contributed by atoms with Crippen LogP contribution < -0.4 is 20.3 Å². The average molecular weight is 404 g/mol. The van der Waals surface area contributed by atoms with E-state index in [9.17, 15) is 9.59 Å². The zero-order chi connectivity index (χ0) is 19.9. The van der Waals surface area contributed by atoms with Crippen LogP contribution in [0.1, 0.15) is 10.6 Å². The van der Waals surface area contributed by atoms with Crippen molar-refractivity contribution in [3.05, 3.63) is 42.4 Å². The van der Waals surface area contributed by atoms with Gasteiger partial charge in [-0.25, -0.2) is 0 Å². The van der Waals surface area contributed by atoms with Crippen LogP contribution in [0.15, 0.2) is 46.2 Å². The molecule has 12 heteroatoms. The van der Waals surface area contributed by atoms with Crippen LogP contribution in [0.5, 0.6) is 11.5 Å². The van der Waals surface area contributed by atoms with E-state index in [4.69, 9.17) is 13.9 Å². The molecule has 28 heavy (non-hydrogen) atoms. The van der Waals surface area contributed by atoms with E-state index in [1.807, 2.05) is 0 Å². The van der Waals surface area contributed by atoms with Crippen molar-refractivity contribution in [1.29, 1.82) is 0 Å². The molecule has 11 nitrogen and oxygen atoms in total. The number of benzene rings is 1. The van der Waals surface area contributed by atoms with E-state index in [0.717, 1.165) is 11.8 Å². The standard InChI is InChI=1S/C16H16N6O5S/c1-25-10-5-6-11(13(8-10)26-2)22-16(19-20-21-22)28-9-14(23)17-18-15(24)12-4-3-7-27-12/h3-8H,9H2,1-2H3,(H,17,23)(H,18,24). The molecule has 2 amide bonds. The van der Waals surface area contributed by atoms with E-state index in [2.05, 4.69) is 26.4 Å². The summed E-state index contributed by atoms with van der Waals surface area (Å²) < 4.78 is 16.9. The van der Waals surface area contributed by atoms with Crippen LogP contribution in [0.4, 0.5) is 0 Å². The van der Waals surface area contributed by atoms with Crippen molar-refractivity contribution in [2.45, 2.75) is 5.16 Å². The molecule has 0 bridgehead atoms. The molecule has 3 aromatic rings. The molecule has 0 fully saturated rings. The monoisotopic (exact) mass is 404 g/mol. The van der Waals surface area contributed by atoms with Gasteiger partial charge in [-0.05, 0) is 34.7 Å². The summed E-state index contributed by atoms with van der Waals surface area (Å²) >= 11 is 1.09. The number of thioether (sulfide) groups is 1. The molecule has 0 saturated carbocycles. The summed E-state index contributed by atoms with van der Waals surface area (Å²) in [6.07, 6.45) is 1.36. The number of amides is 2. The minimum Gasteiger partial charge on any atom is -0.497 e. The van der Waals surface area contributed by atoms with Gasteiger partial charge in [0.25, 0.3) is 0 Å². The van der Waals surface area contributed by atoms with Gasteiger partial charge in [0.15, 0.2) is 5.76 Å². The van der Waals surface area contributed by atoms with Crippen molar-refractivity contribution < 1.29 is 23.5 Å². The predicted octanol–water partition coefficient (Wildman–Crippen LogP) is 0.826. The number of hydrazine groups is 1. The van der Waals surface area contributed by atoms with Crippen molar-refractivity contribution in [2.75, 3.05) is 20.0 Å². The third kappa shape index (κ3) is 4.40. The quantitative estimate of drug-likeness (QED) is 0.434. The lowest BCUT2D eigenvalue weighted by Crippen LogP contribution is -2.42. The highest BCUT2D eigenvalue weighted by Crippen LogP contribution is 2.29. The first-order valence-electron chi connectivity index (χ1n) is 7.88. The summed E-state index contributed by atoms with van der Waals surface area (Å²) in [7, 11) is 3.07. The lowest BCUT2D eigenvalue weighted by molar-refractivity contribution is -0.119. The summed E-state index contributed by atoms with van der Waals surface area (Å²) in [5.74, 6) is 0.177. The Balaban J connectivity index is 1.61. The smallest absolute Gasteiger partial charge is 0.305 e. The van der Waals surface area contributed by atoms with Crippen molar-refractivity contribution in [3.8, 4) is 17.2 Å². The van der Waals surface area contributed by atoms with Crippen molar-refractivity contribution >= 4 is 23.6 Å². The van der Waals surface area contributed by atoms with E-state index in [-0.39, 0.29) is 11.5 Å². The van der Waals surface area contributed by atoms with Crippen LogP contribution in [-0.2, 0) is 4.79 Å². The van der Waals surface area contributed by atoms with Gasteiger partial charge < -0.3 is 13.9 Å². The van der Waals surface area contributed by atoms with E-state index in [1.165, 1.54) is 24.1 Å². The summed E-state index contributed by atoms with van der Waals surface area (Å²) in [4.78, 5) is 23.7. The number of methoxy groups -OCH3 is 2. The Kier molecular flexibility index (Phi) is 6.11. The molecule has 0 aliphatic rings. The molecule has 2 aromatic heterocycles. The average Bonchev–Trinajstić information content (AvgIpc) is 3.41. The number of carbonyl (C=O) groups is 2. The number of carbonyl (C=O) groups excluding carboxylic acids is 2. The first-order chi connectivity index (χ1) is 13.6. The fourth-order valence-electron chi connectivity index (χ4n) is 2.14. The summed E-state index contributed by atoms with van der Waals surface area (Å²) in [5, 5.41) is 11.9. The number of hydrogen-bond acceptors (Lipinski definition) is 9. The minimum absolute atomic E-state index is 0.0305. The van der Waals surface area contributed by atoms with Gasteiger partial charge in [-0.3, -0.25) is 20.4 Å². The molecular weight excluding hydrogens is 388 g/mol. The Labute approximate surface area is 163 Å². The lowest BCUT2D eigenvalue weighted by Gasteiger charge is -2.11. The van der Waals surface area contributed by atoms with Gasteiger partial charge in [-0.15, -0.1) is 5.10 Å². The molecule has 1 aromatic carbocycles. The number of rotatable bonds is 7.